The molecule has 1 fully saturated rings. The predicted molar refractivity (Wildman–Crippen MR) is 84.2 cm³/mol. The minimum Gasteiger partial charge on any atom is -0.465 e. The molecule has 0 amide bonds. The van der Waals surface area contributed by atoms with Crippen molar-refractivity contribution in [2.45, 2.75) is 57.5 Å². The lowest BCUT2D eigenvalue weighted by Gasteiger charge is -2.28. The van der Waals surface area contributed by atoms with E-state index < -0.39 is 5.54 Å². The number of carbonyl (C=O) groups is 1. The molecule has 1 unspecified atom stereocenters. The van der Waals surface area contributed by atoms with Gasteiger partial charge in [0.1, 0.15) is 5.54 Å². The van der Waals surface area contributed by atoms with Crippen molar-refractivity contribution in [1.29, 1.82) is 0 Å². The van der Waals surface area contributed by atoms with Crippen LogP contribution in [0.3, 0.4) is 0 Å². The Morgan fingerprint density at radius 3 is 2.65 bits per heavy atom. The summed E-state index contributed by atoms with van der Waals surface area (Å²) in [5.41, 5.74) is -0.510. The van der Waals surface area contributed by atoms with Crippen molar-refractivity contribution in [3.63, 3.8) is 0 Å². The standard InChI is InChI=1S/C15H29NO3S/c1-4-19-14(17)15(2,16-13-7-8-13)9-5-11-20-12-6-10-18-3/h13,16H,4-12H2,1-3H3. The summed E-state index contributed by atoms with van der Waals surface area (Å²) in [6.07, 6.45) is 5.34. The summed E-state index contributed by atoms with van der Waals surface area (Å²) in [6.45, 7) is 5.13. The fraction of sp³-hybridized carbons (Fsp3) is 0.933. The van der Waals surface area contributed by atoms with Gasteiger partial charge in [-0.2, -0.15) is 11.8 Å². The third kappa shape index (κ3) is 6.95. The lowest BCUT2D eigenvalue weighted by molar-refractivity contribution is -0.151. The average Bonchev–Trinajstić information content (AvgIpc) is 3.22. The van der Waals surface area contributed by atoms with Crippen LogP contribution < -0.4 is 5.32 Å². The van der Waals surface area contributed by atoms with E-state index in [1.165, 1.54) is 12.8 Å². The number of ether oxygens (including phenoxy) is 2. The Morgan fingerprint density at radius 2 is 2.05 bits per heavy atom. The highest BCUT2D eigenvalue weighted by Crippen LogP contribution is 2.26. The summed E-state index contributed by atoms with van der Waals surface area (Å²) in [5.74, 6) is 2.11. The molecular formula is C15H29NO3S. The Kier molecular flexibility index (Phi) is 8.57. The summed E-state index contributed by atoms with van der Waals surface area (Å²) >= 11 is 1.93. The number of esters is 1. The van der Waals surface area contributed by atoms with Crippen LogP contribution in [0.2, 0.25) is 0 Å². The number of thioether (sulfide) groups is 1. The molecule has 5 heteroatoms. The van der Waals surface area contributed by atoms with Crippen LogP contribution in [0.1, 0.15) is 46.0 Å². The van der Waals surface area contributed by atoms with Crippen molar-refractivity contribution in [1.82, 2.24) is 5.32 Å². The summed E-state index contributed by atoms with van der Waals surface area (Å²) in [5, 5.41) is 3.46. The highest BCUT2D eigenvalue weighted by atomic mass is 32.2. The second-order valence-corrected chi connectivity index (χ2v) is 6.76. The van der Waals surface area contributed by atoms with Crippen molar-refractivity contribution in [3.05, 3.63) is 0 Å². The number of hydrogen-bond donors (Lipinski definition) is 1. The van der Waals surface area contributed by atoms with E-state index in [0.717, 1.165) is 37.4 Å². The van der Waals surface area contributed by atoms with Gasteiger partial charge in [0, 0.05) is 19.8 Å². The molecule has 0 heterocycles. The Balaban J connectivity index is 2.23. The molecule has 0 spiro atoms. The maximum Gasteiger partial charge on any atom is 0.326 e. The van der Waals surface area contributed by atoms with E-state index in [4.69, 9.17) is 9.47 Å². The predicted octanol–water partition coefficient (Wildman–Crippen LogP) is 2.61. The third-order valence-corrected chi connectivity index (χ3v) is 4.58. The Labute approximate surface area is 127 Å². The number of carbonyl (C=O) groups excluding carboxylic acids is 1. The van der Waals surface area contributed by atoms with Gasteiger partial charge in [0.15, 0.2) is 0 Å². The largest absolute Gasteiger partial charge is 0.465 e. The van der Waals surface area contributed by atoms with E-state index in [2.05, 4.69) is 5.32 Å². The molecule has 1 aliphatic rings. The summed E-state index contributed by atoms with van der Waals surface area (Å²) in [4.78, 5) is 12.1. The van der Waals surface area contributed by atoms with Crippen molar-refractivity contribution in [2.24, 2.45) is 0 Å². The fourth-order valence-electron chi connectivity index (χ4n) is 2.14. The van der Waals surface area contributed by atoms with Gasteiger partial charge in [-0.15, -0.1) is 0 Å². The fourth-order valence-corrected chi connectivity index (χ4v) is 3.01. The second kappa shape index (κ2) is 9.64. The summed E-state index contributed by atoms with van der Waals surface area (Å²) < 4.78 is 10.2. The number of hydrogen-bond acceptors (Lipinski definition) is 5. The van der Waals surface area contributed by atoms with Crippen LogP contribution in [-0.4, -0.2) is 49.4 Å². The molecule has 1 saturated carbocycles. The van der Waals surface area contributed by atoms with Gasteiger partial charge in [-0.1, -0.05) is 0 Å². The number of rotatable bonds is 12. The van der Waals surface area contributed by atoms with Crippen LogP contribution in [0.25, 0.3) is 0 Å². The van der Waals surface area contributed by atoms with Gasteiger partial charge >= 0.3 is 5.97 Å². The minimum atomic E-state index is -0.510. The van der Waals surface area contributed by atoms with E-state index >= 15 is 0 Å². The summed E-state index contributed by atoms with van der Waals surface area (Å²) in [7, 11) is 1.74. The van der Waals surface area contributed by atoms with Crippen LogP contribution in [0.15, 0.2) is 0 Å². The van der Waals surface area contributed by atoms with Crippen LogP contribution in [0.5, 0.6) is 0 Å². The van der Waals surface area contributed by atoms with E-state index in [1.807, 2.05) is 25.6 Å². The molecule has 0 aromatic heterocycles. The first-order chi connectivity index (χ1) is 9.62. The highest BCUT2D eigenvalue weighted by molar-refractivity contribution is 7.99. The Hall–Kier alpha value is -0.260. The molecule has 4 nitrogen and oxygen atoms in total. The molecule has 1 atom stereocenters. The summed E-state index contributed by atoms with van der Waals surface area (Å²) in [6, 6.07) is 0.513. The Bertz CT molecular complexity index is 284. The first kappa shape index (κ1) is 17.8. The lowest BCUT2D eigenvalue weighted by Crippen LogP contribution is -2.51. The first-order valence-corrected chi connectivity index (χ1v) is 8.79. The normalized spacial score (nSPS) is 17.8. The smallest absolute Gasteiger partial charge is 0.326 e. The monoisotopic (exact) mass is 303 g/mol. The van der Waals surface area contributed by atoms with Crippen molar-refractivity contribution in [3.8, 4) is 0 Å². The number of nitrogens with one attached hydrogen (secondary N) is 1. The zero-order valence-corrected chi connectivity index (χ0v) is 13.9. The van der Waals surface area contributed by atoms with Crippen LogP contribution >= 0.6 is 11.8 Å². The Morgan fingerprint density at radius 1 is 1.35 bits per heavy atom. The van der Waals surface area contributed by atoms with Gasteiger partial charge < -0.3 is 9.47 Å². The topological polar surface area (TPSA) is 47.6 Å². The number of methoxy groups -OCH3 is 1. The van der Waals surface area contributed by atoms with Crippen molar-refractivity contribution < 1.29 is 14.3 Å². The van der Waals surface area contributed by atoms with Crippen molar-refractivity contribution >= 4 is 17.7 Å². The molecule has 1 rings (SSSR count). The minimum absolute atomic E-state index is 0.101. The molecule has 20 heavy (non-hydrogen) atoms. The third-order valence-electron chi connectivity index (χ3n) is 3.43. The van der Waals surface area contributed by atoms with Gasteiger partial charge in [0.25, 0.3) is 0 Å². The van der Waals surface area contributed by atoms with Gasteiger partial charge in [0.05, 0.1) is 6.61 Å². The molecule has 0 radical (unpaired) electrons. The molecule has 0 bridgehead atoms. The van der Waals surface area contributed by atoms with Crippen LogP contribution in [0, 0.1) is 0 Å². The zero-order chi connectivity index (χ0) is 14.8. The molecule has 0 aliphatic heterocycles. The zero-order valence-electron chi connectivity index (χ0n) is 13.1. The van der Waals surface area contributed by atoms with Crippen LogP contribution in [-0.2, 0) is 14.3 Å². The maximum atomic E-state index is 12.1. The molecular weight excluding hydrogens is 274 g/mol. The van der Waals surface area contributed by atoms with Gasteiger partial charge in [0.2, 0.25) is 0 Å². The van der Waals surface area contributed by atoms with E-state index in [-0.39, 0.29) is 5.97 Å². The molecule has 0 aromatic carbocycles. The highest BCUT2D eigenvalue weighted by Gasteiger charge is 2.38. The van der Waals surface area contributed by atoms with Crippen molar-refractivity contribution in [2.75, 3.05) is 31.8 Å². The lowest BCUT2D eigenvalue weighted by atomic mass is 9.96. The average molecular weight is 303 g/mol. The van der Waals surface area contributed by atoms with Gasteiger partial charge in [-0.25, -0.2) is 0 Å². The first-order valence-electron chi connectivity index (χ1n) is 7.64. The van der Waals surface area contributed by atoms with E-state index in [1.54, 1.807) is 7.11 Å². The van der Waals surface area contributed by atoms with Gasteiger partial charge in [-0.3, -0.25) is 10.1 Å². The maximum absolute atomic E-state index is 12.1. The molecule has 1 N–H and O–H groups in total. The van der Waals surface area contributed by atoms with E-state index in [0.29, 0.717) is 12.6 Å². The van der Waals surface area contributed by atoms with Crippen LogP contribution in [0.4, 0.5) is 0 Å². The SMILES string of the molecule is CCOC(=O)C(C)(CCCSCCCOC)NC1CC1. The second-order valence-electron chi connectivity index (χ2n) is 5.53. The van der Waals surface area contributed by atoms with E-state index in [9.17, 15) is 4.79 Å². The molecule has 0 saturated heterocycles. The van der Waals surface area contributed by atoms with Gasteiger partial charge in [-0.05, 0) is 57.5 Å². The molecule has 118 valence electrons. The molecule has 1 aliphatic carbocycles. The quantitative estimate of drug-likeness (QED) is 0.443. The molecule has 0 aromatic rings.